The van der Waals surface area contributed by atoms with Crippen LogP contribution in [0.5, 0.6) is 0 Å². The first-order chi connectivity index (χ1) is 6.40. The summed E-state index contributed by atoms with van der Waals surface area (Å²) in [6, 6.07) is 3.89. The van der Waals surface area contributed by atoms with Crippen LogP contribution in [0.15, 0.2) is 24.5 Å². The van der Waals surface area contributed by atoms with Crippen LogP contribution in [0.4, 0.5) is 5.82 Å². The molecule has 0 atom stereocenters. The first-order valence-corrected chi connectivity index (χ1v) is 4.44. The van der Waals surface area contributed by atoms with Crippen LogP contribution >= 0.6 is 0 Å². The monoisotopic (exact) mass is 176 g/mol. The van der Waals surface area contributed by atoms with Crippen molar-refractivity contribution < 1.29 is 0 Å². The molecule has 0 amide bonds. The lowest BCUT2D eigenvalue weighted by molar-refractivity contribution is 0.906. The molecule has 2 aromatic heterocycles. The van der Waals surface area contributed by atoms with E-state index in [9.17, 15) is 0 Å². The summed E-state index contributed by atoms with van der Waals surface area (Å²) in [6.45, 7) is 3.08. The molecular formula is C9H12N4. The first-order valence-electron chi connectivity index (χ1n) is 4.44. The van der Waals surface area contributed by atoms with Crippen LogP contribution in [-0.4, -0.2) is 21.1 Å². The normalized spacial score (nSPS) is 10.5. The van der Waals surface area contributed by atoms with Gasteiger partial charge in [-0.15, -0.1) is 5.10 Å². The van der Waals surface area contributed by atoms with Gasteiger partial charge < -0.3 is 5.32 Å². The Balaban J connectivity index is 2.26. The van der Waals surface area contributed by atoms with Crippen molar-refractivity contribution in [1.82, 2.24) is 14.6 Å². The Hall–Kier alpha value is -1.58. The molecule has 0 saturated heterocycles. The molecule has 68 valence electrons. The van der Waals surface area contributed by atoms with E-state index in [0.717, 1.165) is 24.4 Å². The van der Waals surface area contributed by atoms with E-state index in [1.54, 1.807) is 10.7 Å². The second kappa shape index (κ2) is 3.43. The fourth-order valence-corrected chi connectivity index (χ4v) is 1.16. The average Bonchev–Trinajstić information content (AvgIpc) is 2.61. The van der Waals surface area contributed by atoms with Gasteiger partial charge >= 0.3 is 0 Å². The van der Waals surface area contributed by atoms with Gasteiger partial charge in [-0.05, 0) is 18.6 Å². The zero-order valence-electron chi connectivity index (χ0n) is 7.57. The zero-order chi connectivity index (χ0) is 9.10. The molecular weight excluding hydrogens is 164 g/mol. The molecule has 0 saturated carbocycles. The molecule has 0 aliphatic carbocycles. The zero-order valence-corrected chi connectivity index (χ0v) is 7.57. The fourth-order valence-electron chi connectivity index (χ4n) is 1.16. The molecule has 13 heavy (non-hydrogen) atoms. The summed E-state index contributed by atoms with van der Waals surface area (Å²) in [5.74, 6) is 0.896. The second-order valence-electron chi connectivity index (χ2n) is 2.88. The van der Waals surface area contributed by atoms with E-state index in [2.05, 4.69) is 22.3 Å². The minimum absolute atomic E-state index is 0.877. The van der Waals surface area contributed by atoms with E-state index < -0.39 is 0 Å². The maximum Gasteiger partial charge on any atom is 0.153 e. The van der Waals surface area contributed by atoms with Crippen LogP contribution in [0.25, 0.3) is 5.65 Å². The van der Waals surface area contributed by atoms with Crippen LogP contribution in [-0.2, 0) is 0 Å². The summed E-state index contributed by atoms with van der Waals surface area (Å²) < 4.78 is 1.76. The first kappa shape index (κ1) is 8.04. The maximum atomic E-state index is 4.32. The van der Waals surface area contributed by atoms with Crippen molar-refractivity contribution in [3.8, 4) is 0 Å². The Kier molecular flexibility index (Phi) is 2.12. The van der Waals surface area contributed by atoms with Crippen LogP contribution in [0.3, 0.4) is 0 Å². The molecule has 2 aromatic rings. The van der Waals surface area contributed by atoms with Gasteiger partial charge in [0, 0.05) is 18.9 Å². The predicted molar refractivity (Wildman–Crippen MR) is 51.8 cm³/mol. The minimum Gasteiger partial charge on any atom is -0.369 e. The van der Waals surface area contributed by atoms with Crippen LogP contribution < -0.4 is 5.32 Å². The summed E-state index contributed by atoms with van der Waals surface area (Å²) in [5, 5.41) is 7.53. The van der Waals surface area contributed by atoms with Crippen LogP contribution in [0.1, 0.15) is 13.3 Å². The molecule has 0 aliphatic heterocycles. The third-order valence-electron chi connectivity index (χ3n) is 1.81. The van der Waals surface area contributed by atoms with Crippen molar-refractivity contribution in [1.29, 1.82) is 0 Å². The number of aromatic nitrogens is 3. The highest BCUT2D eigenvalue weighted by Gasteiger charge is 1.95. The lowest BCUT2D eigenvalue weighted by Crippen LogP contribution is -2.03. The second-order valence-corrected chi connectivity index (χ2v) is 2.88. The number of nitrogens with zero attached hydrogens (tertiary/aromatic N) is 3. The Morgan fingerprint density at radius 2 is 2.38 bits per heavy atom. The molecule has 1 N–H and O–H groups in total. The van der Waals surface area contributed by atoms with Gasteiger partial charge in [0.05, 0.1) is 0 Å². The Morgan fingerprint density at radius 1 is 1.46 bits per heavy atom. The van der Waals surface area contributed by atoms with E-state index in [1.165, 1.54) is 0 Å². The highest BCUT2D eigenvalue weighted by Crippen LogP contribution is 2.04. The third-order valence-corrected chi connectivity index (χ3v) is 1.81. The van der Waals surface area contributed by atoms with E-state index in [0.29, 0.717) is 0 Å². The summed E-state index contributed by atoms with van der Waals surface area (Å²) in [6.07, 6.45) is 4.68. The maximum absolute atomic E-state index is 4.32. The Bertz CT molecular complexity index is 393. The molecule has 0 spiro atoms. The van der Waals surface area contributed by atoms with Gasteiger partial charge in [-0.3, -0.25) is 0 Å². The number of hydrogen-bond donors (Lipinski definition) is 1. The van der Waals surface area contributed by atoms with Gasteiger partial charge in [0.1, 0.15) is 5.82 Å². The van der Waals surface area contributed by atoms with E-state index in [1.807, 2.05) is 18.3 Å². The Morgan fingerprint density at radius 3 is 3.23 bits per heavy atom. The van der Waals surface area contributed by atoms with E-state index in [4.69, 9.17) is 0 Å². The molecule has 0 radical (unpaired) electrons. The molecule has 0 aliphatic rings. The lowest BCUT2D eigenvalue weighted by atomic mass is 10.4. The predicted octanol–water partition coefficient (Wildman–Crippen LogP) is 1.55. The quantitative estimate of drug-likeness (QED) is 0.771. The molecule has 0 fully saturated rings. The molecule has 2 rings (SSSR count). The molecule has 0 aromatic carbocycles. The third kappa shape index (κ3) is 1.61. The van der Waals surface area contributed by atoms with Crippen molar-refractivity contribution >= 4 is 11.5 Å². The molecule has 2 heterocycles. The molecule has 0 unspecified atom stereocenters. The number of rotatable bonds is 3. The summed E-state index contributed by atoms with van der Waals surface area (Å²) >= 11 is 0. The van der Waals surface area contributed by atoms with Gasteiger partial charge in [-0.25, -0.2) is 9.50 Å². The Labute approximate surface area is 76.6 Å². The standard InChI is InChI=1S/C9H12N4/c1-2-5-10-8-3-4-9-11-6-7-13(9)12-8/h3-4,6-7H,2,5H2,1H3,(H,10,12). The average molecular weight is 176 g/mol. The number of nitrogens with one attached hydrogen (secondary N) is 1. The topological polar surface area (TPSA) is 42.2 Å². The summed E-state index contributed by atoms with van der Waals surface area (Å²) in [4.78, 5) is 4.11. The minimum atomic E-state index is 0.877. The number of anilines is 1. The van der Waals surface area contributed by atoms with E-state index >= 15 is 0 Å². The number of imidazole rings is 1. The smallest absolute Gasteiger partial charge is 0.153 e. The molecule has 0 bridgehead atoms. The highest BCUT2D eigenvalue weighted by molar-refractivity contribution is 5.43. The van der Waals surface area contributed by atoms with Gasteiger partial charge in [0.25, 0.3) is 0 Å². The molecule has 4 heteroatoms. The van der Waals surface area contributed by atoms with Crippen LogP contribution in [0.2, 0.25) is 0 Å². The number of fused-ring (bicyclic) bond motifs is 1. The summed E-state index contributed by atoms with van der Waals surface area (Å²) in [5.41, 5.74) is 0.877. The van der Waals surface area contributed by atoms with Gasteiger partial charge in [-0.1, -0.05) is 6.92 Å². The van der Waals surface area contributed by atoms with Crippen molar-refractivity contribution in [2.24, 2.45) is 0 Å². The van der Waals surface area contributed by atoms with Gasteiger partial charge in [0.15, 0.2) is 5.65 Å². The van der Waals surface area contributed by atoms with Crippen molar-refractivity contribution in [3.63, 3.8) is 0 Å². The van der Waals surface area contributed by atoms with Gasteiger partial charge in [-0.2, -0.15) is 0 Å². The lowest BCUT2D eigenvalue weighted by Gasteiger charge is -2.02. The van der Waals surface area contributed by atoms with Crippen molar-refractivity contribution in [2.45, 2.75) is 13.3 Å². The van der Waals surface area contributed by atoms with Crippen LogP contribution in [0, 0.1) is 0 Å². The summed E-state index contributed by atoms with van der Waals surface area (Å²) in [7, 11) is 0. The van der Waals surface area contributed by atoms with Gasteiger partial charge in [0.2, 0.25) is 0 Å². The fraction of sp³-hybridized carbons (Fsp3) is 0.333. The van der Waals surface area contributed by atoms with Crippen molar-refractivity contribution in [3.05, 3.63) is 24.5 Å². The highest BCUT2D eigenvalue weighted by atomic mass is 15.3. The number of hydrogen-bond acceptors (Lipinski definition) is 3. The van der Waals surface area contributed by atoms with Crippen molar-refractivity contribution in [2.75, 3.05) is 11.9 Å². The molecule has 4 nitrogen and oxygen atoms in total. The SMILES string of the molecule is CCCNc1ccc2nccn2n1. The van der Waals surface area contributed by atoms with E-state index in [-0.39, 0.29) is 0 Å². The largest absolute Gasteiger partial charge is 0.369 e.